The fraction of sp³-hybridized carbons (Fsp3) is 0.857. The second-order valence-electron chi connectivity index (χ2n) is 7.17. The van der Waals surface area contributed by atoms with Crippen LogP contribution >= 0.6 is 0 Å². The standard InChI is InChI=1S/C21H38O4/c1-2-3-4-11-14-19(24-17-20-18-25-20)15-12-9-7-5-6-8-10-13-16-21(22)23/h9,12,19-20H,2-8,10-11,13-18H2,1H3,(H,22,23)/b12-9-. The van der Waals surface area contributed by atoms with Gasteiger partial charge in [0, 0.05) is 6.42 Å². The summed E-state index contributed by atoms with van der Waals surface area (Å²) in [4.78, 5) is 10.4. The first kappa shape index (κ1) is 22.2. The Kier molecular flexibility index (Phi) is 13.6. The third-order valence-corrected chi connectivity index (χ3v) is 4.63. The van der Waals surface area contributed by atoms with Crippen LogP contribution in [0.2, 0.25) is 0 Å². The van der Waals surface area contributed by atoms with Crippen LogP contribution in [0.3, 0.4) is 0 Å². The monoisotopic (exact) mass is 354 g/mol. The average Bonchev–Trinajstić information content (AvgIpc) is 3.41. The quantitative estimate of drug-likeness (QED) is 0.200. The number of epoxide rings is 1. The van der Waals surface area contributed by atoms with E-state index in [0.29, 0.717) is 18.6 Å². The summed E-state index contributed by atoms with van der Waals surface area (Å²) >= 11 is 0. The Labute approximate surface area is 154 Å². The normalized spacial score (nSPS) is 17.9. The second-order valence-corrected chi connectivity index (χ2v) is 7.17. The van der Waals surface area contributed by atoms with Gasteiger partial charge in [0.25, 0.3) is 0 Å². The molecule has 0 aliphatic carbocycles. The highest BCUT2D eigenvalue weighted by molar-refractivity contribution is 5.66. The molecule has 2 unspecified atom stereocenters. The van der Waals surface area contributed by atoms with Gasteiger partial charge in [0.05, 0.1) is 19.3 Å². The molecule has 1 aliphatic rings. The lowest BCUT2D eigenvalue weighted by molar-refractivity contribution is -0.137. The van der Waals surface area contributed by atoms with E-state index in [2.05, 4.69) is 19.1 Å². The Morgan fingerprint density at radius 1 is 1.12 bits per heavy atom. The number of carboxylic acids is 1. The summed E-state index contributed by atoms with van der Waals surface area (Å²) in [6.45, 7) is 3.86. The number of carbonyl (C=O) groups is 1. The lowest BCUT2D eigenvalue weighted by Crippen LogP contribution is -2.15. The molecule has 0 saturated carbocycles. The van der Waals surface area contributed by atoms with Crippen molar-refractivity contribution in [2.75, 3.05) is 13.2 Å². The van der Waals surface area contributed by atoms with Gasteiger partial charge >= 0.3 is 5.97 Å². The van der Waals surface area contributed by atoms with Crippen molar-refractivity contribution in [3.05, 3.63) is 12.2 Å². The lowest BCUT2D eigenvalue weighted by atomic mass is 10.1. The van der Waals surface area contributed by atoms with E-state index in [0.717, 1.165) is 51.7 Å². The van der Waals surface area contributed by atoms with Gasteiger partial charge in [0.15, 0.2) is 0 Å². The van der Waals surface area contributed by atoms with Crippen molar-refractivity contribution < 1.29 is 19.4 Å². The highest BCUT2D eigenvalue weighted by Gasteiger charge is 2.23. The molecule has 4 heteroatoms. The Bertz CT molecular complexity index is 350. The third-order valence-electron chi connectivity index (χ3n) is 4.63. The maximum atomic E-state index is 10.4. The number of rotatable bonds is 18. The first-order valence-corrected chi connectivity index (χ1v) is 10.3. The molecule has 25 heavy (non-hydrogen) atoms. The van der Waals surface area contributed by atoms with Crippen LogP contribution in [-0.4, -0.2) is 36.5 Å². The summed E-state index contributed by atoms with van der Waals surface area (Å²) in [7, 11) is 0. The molecular formula is C21H38O4. The van der Waals surface area contributed by atoms with Crippen LogP contribution in [0.15, 0.2) is 12.2 Å². The molecule has 1 saturated heterocycles. The number of allylic oxidation sites excluding steroid dienone is 1. The minimum atomic E-state index is -0.678. The molecule has 0 bridgehead atoms. The Balaban J connectivity index is 2.01. The minimum absolute atomic E-state index is 0.311. The summed E-state index contributed by atoms with van der Waals surface area (Å²) in [6.07, 6.45) is 19.4. The largest absolute Gasteiger partial charge is 0.481 e. The van der Waals surface area contributed by atoms with Gasteiger partial charge in [-0.25, -0.2) is 0 Å². The van der Waals surface area contributed by atoms with Crippen LogP contribution in [0.1, 0.15) is 90.4 Å². The Morgan fingerprint density at radius 3 is 2.56 bits per heavy atom. The van der Waals surface area contributed by atoms with Gasteiger partial charge in [-0.3, -0.25) is 4.79 Å². The van der Waals surface area contributed by atoms with E-state index >= 15 is 0 Å². The highest BCUT2D eigenvalue weighted by Crippen LogP contribution is 2.16. The Hall–Kier alpha value is -0.870. The zero-order chi connectivity index (χ0) is 18.2. The molecule has 1 heterocycles. The number of hydrogen-bond donors (Lipinski definition) is 1. The van der Waals surface area contributed by atoms with E-state index < -0.39 is 5.97 Å². The van der Waals surface area contributed by atoms with Crippen LogP contribution in [0, 0.1) is 0 Å². The lowest BCUT2D eigenvalue weighted by Gasteiger charge is -2.15. The van der Waals surface area contributed by atoms with Gasteiger partial charge in [0.2, 0.25) is 0 Å². The predicted octanol–water partition coefficient (Wildman–Crippen LogP) is 5.50. The maximum absolute atomic E-state index is 10.4. The minimum Gasteiger partial charge on any atom is -0.481 e. The zero-order valence-corrected chi connectivity index (χ0v) is 16.1. The van der Waals surface area contributed by atoms with Gasteiger partial charge in [0.1, 0.15) is 6.10 Å². The van der Waals surface area contributed by atoms with E-state index in [4.69, 9.17) is 14.6 Å². The van der Waals surface area contributed by atoms with Crippen molar-refractivity contribution in [1.82, 2.24) is 0 Å². The summed E-state index contributed by atoms with van der Waals surface area (Å²) in [5.74, 6) is -0.678. The van der Waals surface area contributed by atoms with Gasteiger partial charge < -0.3 is 14.6 Å². The van der Waals surface area contributed by atoms with Crippen LogP contribution < -0.4 is 0 Å². The van der Waals surface area contributed by atoms with E-state index in [1.165, 1.54) is 38.5 Å². The smallest absolute Gasteiger partial charge is 0.303 e. The molecular weight excluding hydrogens is 316 g/mol. The molecule has 2 atom stereocenters. The van der Waals surface area contributed by atoms with Crippen molar-refractivity contribution in [2.24, 2.45) is 0 Å². The molecule has 0 aromatic heterocycles. The third kappa shape index (κ3) is 15.1. The maximum Gasteiger partial charge on any atom is 0.303 e. The average molecular weight is 355 g/mol. The van der Waals surface area contributed by atoms with E-state index in [9.17, 15) is 4.79 Å². The molecule has 0 spiro atoms. The van der Waals surface area contributed by atoms with E-state index in [1.807, 2.05) is 0 Å². The first-order chi connectivity index (χ1) is 12.2. The highest BCUT2D eigenvalue weighted by atomic mass is 16.6. The van der Waals surface area contributed by atoms with Crippen molar-refractivity contribution >= 4 is 5.97 Å². The van der Waals surface area contributed by atoms with E-state index in [1.54, 1.807) is 0 Å². The summed E-state index contributed by atoms with van der Waals surface area (Å²) < 4.78 is 11.3. The summed E-state index contributed by atoms with van der Waals surface area (Å²) in [5, 5.41) is 8.58. The van der Waals surface area contributed by atoms with Gasteiger partial charge in [-0.05, 0) is 32.1 Å². The van der Waals surface area contributed by atoms with Crippen LogP contribution in [0.25, 0.3) is 0 Å². The number of carboxylic acid groups (broad SMARTS) is 1. The van der Waals surface area contributed by atoms with Crippen molar-refractivity contribution in [2.45, 2.75) is 103 Å². The number of hydrogen-bond acceptors (Lipinski definition) is 3. The molecule has 0 aromatic rings. The number of aliphatic carboxylic acids is 1. The van der Waals surface area contributed by atoms with Gasteiger partial charge in [-0.15, -0.1) is 0 Å². The van der Waals surface area contributed by atoms with Crippen LogP contribution in [-0.2, 0) is 14.3 Å². The van der Waals surface area contributed by atoms with Gasteiger partial charge in [-0.2, -0.15) is 0 Å². The molecule has 0 amide bonds. The van der Waals surface area contributed by atoms with Crippen molar-refractivity contribution in [1.29, 1.82) is 0 Å². The van der Waals surface area contributed by atoms with Crippen molar-refractivity contribution in [3.8, 4) is 0 Å². The fourth-order valence-electron chi connectivity index (χ4n) is 2.91. The van der Waals surface area contributed by atoms with Crippen molar-refractivity contribution in [3.63, 3.8) is 0 Å². The molecule has 1 fully saturated rings. The fourth-order valence-corrected chi connectivity index (χ4v) is 2.91. The topological polar surface area (TPSA) is 59.1 Å². The molecule has 1 N–H and O–H groups in total. The number of unbranched alkanes of at least 4 members (excludes halogenated alkanes) is 8. The molecule has 1 rings (SSSR count). The summed E-state index contributed by atoms with van der Waals surface area (Å²) in [6, 6.07) is 0. The predicted molar refractivity (Wildman–Crippen MR) is 102 cm³/mol. The molecule has 146 valence electrons. The zero-order valence-electron chi connectivity index (χ0n) is 16.1. The van der Waals surface area contributed by atoms with Crippen LogP contribution in [0.4, 0.5) is 0 Å². The SMILES string of the molecule is CCCCCCC(C/C=C\CCCCCCCC(=O)O)OCC1CO1. The molecule has 0 aromatic carbocycles. The molecule has 1 aliphatic heterocycles. The van der Waals surface area contributed by atoms with Gasteiger partial charge in [-0.1, -0.05) is 64.0 Å². The van der Waals surface area contributed by atoms with E-state index in [-0.39, 0.29) is 0 Å². The molecule has 0 radical (unpaired) electrons. The second kappa shape index (κ2) is 15.4. The summed E-state index contributed by atoms with van der Waals surface area (Å²) in [5.41, 5.74) is 0. The molecule has 4 nitrogen and oxygen atoms in total. The van der Waals surface area contributed by atoms with Crippen LogP contribution in [0.5, 0.6) is 0 Å². The first-order valence-electron chi connectivity index (χ1n) is 10.3. The Morgan fingerprint density at radius 2 is 1.84 bits per heavy atom. The number of ether oxygens (including phenoxy) is 2.